The van der Waals surface area contributed by atoms with Gasteiger partial charge in [0.2, 0.25) is 11.8 Å². The fraction of sp³-hybridized carbons (Fsp3) is 0.600. The van der Waals surface area contributed by atoms with E-state index in [1.54, 1.807) is 0 Å². The van der Waals surface area contributed by atoms with Crippen LogP contribution in [0.15, 0.2) is 30.3 Å². The molecule has 1 heterocycles. The van der Waals surface area contributed by atoms with Crippen LogP contribution in [0, 0.1) is 5.92 Å². The Morgan fingerprint density at radius 3 is 2.32 bits per heavy atom. The van der Waals surface area contributed by atoms with Gasteiger partial charge in [0.05, 0.1) is 6.54 Å². The largest absolute Gasteiger partial charge is 0.353 e. The summed E-state index contributed by atoms with van der Waals surface area (Å²) in [5.74, 6) is 0.499. The summed E-state index contributed by atoms with van der Waals surface area (Å²) in [7, 11) is 0. The highest BCUT2D eigenvalue weighted by Gasteiger charge is 2.26. The van der Waals surface area contributed by atoms with Gasteiger partial charge in [-0.25, -0.2) is 0 Å². The number of anilines is 1. The van der Waals surface area contributed by atoms with Gasteiger partial charge in [0.1, 0.15) is 0 Å². The van der Waals surface area contributed by atoms with Crippen LogP contribution in [0.25, 0.3) is 0 Å². The maximum atomic E-state index is 12.3. The number of nitrogens with one attached hydrogen (secondary N) is 2. The molecule has 2 aliphatic rings. The molecule has 5 nitrogen and oxygen atoms in total. The van der Waals surface area contributed by atoms with E-state index in [4.69, 9.17) is 0 Å². The van der Waals surface area contributed by atoms with E-state index in [2.05, 4.69) is 15.5 Å². The van der Waals surface area contributed by atoms with Crippen LogP contribution in [0.5, 0.6) is 0 Å². The highest BCUT2D eigenvalue weighted by atomic mass is 16.2. The zero-order valence-electron chi connectivity index (χ0n) is 14.9. The summed E-state index contributed by atoms with van der Waals surface area (Å²) in [5, 5.41) is 6.16. The maximum absolute atomic E-state index is 12.3. The van der Waals surface area contributed by atoms with Crippen LogP contribution in [-0.2, 0) is 9.59 Å². The molecule has 0 radical (unpaired) electrons. The lowest BCUT2D eigenvalue weighted by Gasteiger charge is -2.33. The number of hydrogen-bond donors (Lipinski definition) is 2. The first-order valence-electron chi connectivity index (χ1n) is 9.58. The Labute approximate surface area is 150 Å². The molecule has 2 amide bonds. The van der Waals surface area contributed by atoms with Crippen LogP contribution >= 0.6 is 0 Å². The van der Waals surface area contributed by atoms with Crippen LogP contribution in [0.3, 0.4) is 0 Å². The first-order chi connectivity index (χ1) is 12.2. The molecule has 0 unspecified atom stereocenters. The van der Waals surface area contributed by atoms with E-state index in [9.17, 15) is 9.59 Å². The highest BCUT2D eigenvalue weighted by molar-refractivity contribution is 5.92. The standard InChI is InChI=1S/C20H29N3O2/c24-19(21-17-9-5-2-6-10-17)15-23-13-11-18(12-14-23)22-20(25)16-7-3-1-4-8-16/h2,5-6,9-10,16,18H,1,3-4,7-8,11-15H2,(H,21,24)(H,22,25). The maximum Gasteiger partial charge on any atom is 0.238 e. The van der Waals surface area contributed by atoms with Gasteiger partial charge in [-0.3, -0.25) is 14.5 Å². The number of para-hydroxylation sites is 1. The quantitative estimate of drug-likeness (QED) is 0.864. The SMILES string of the molecule is O=C(CN1CCC(NC(=O)C2CCCCC2)CC1)Nc1ccccc1. The molecule has 0 atom stereocenters. The molecule has 3 rings (SSSR count). The topological polar surface area (TPSA) is 61.4 Å². The Bertz CT molecular complexity index is 562. The molecule has 5 heteroatoms. The summed E-state index contributed by atoms with van der Waals surface area (Å²) in [5.41, 5.74) is 0.835. The number of piperidine rings is 1. The van der Waals surface area contributed by atoms with Gasteiger partial charge < -0.3 is 10.6 Å². The van der Waals surface area contributed by atoms with Crippen molar-refractivity contribution < 1.29 is 9.59 Å². The van der Waals surface area contributed by atoms with Crippen molar-refractivity contribution in [3.8, 4) is 0 Å². The lowest BCUT2D eigenvalue weighted by Crippen LogP contribution is -2.48. The molecule has 1 aliphatic heterocycles. The summed E-state index contributed by atoms with van der Waals surface area (Å²) in [6.07, 6.45) is 7.59. The van der Waals surface area contributed by atoms with Crippen LogP contribution in [0.1, 0.15) is 44.9 Å². The van der Waals surface area contributed by atoms with E-state index in [0.717, 1.165) is 44.5 Å². The number of carbonyl (C=O) groups excluding carboxylic acids is 2. The zero-order chi connectivity index (χ0) is 17.5. The van der Waals surface area contributed by atoms with Gasteiger partial charge in [-0.1, -0.05) is 37.5 Å². The molecule has 2 fully saturated rings. The van der Waals surface area contributed by atoms with Crippen molar-refractivity contribution in [3.63, 3.8) is 0 Å². The Kier molecular flexibility index (Phi) is 6.45. The van der Waals surface area contributed by atoms with Crippen molar-refractivity contribution >= 4 is 17.5 Å². The van der Waals surface area contributed by atoms with E-state index in [-0.39, 0.29) is 23.8 Å². The summed E-state index contributed by atoms with van der Waals surface area (Å²) in [6, 6.07) is 9.81. The number of rotatable bonds is 5. The zero-order valence-corrected chi connectivity index (χ0v) is 14.9. The molecule has 25 heavy (non-hydrogen) atoms. The number of amides is 2. The van der Waals surface area contributed by atoms with Crippen molar-refractivity contribution in [2.45, 2.75) is 51.0 Å². The smallest absolute Gasteiger partial charge is 0.238 e. The Morgan fingerprint density at radius 2 is 1.64 bits per heavy atom. The van der Waals surface area contributed by atoms with Crippen molar-refractivity contribution in [2.24, 2.45) is 5.92 Å². The molecule has 0 bridgehead atoms. The number of benzene rings is 1. The minimum atomic E-state index is 0.0240. The minimum absolute atomic E-state index is 0.0240. The minimum Gasteiger partial charge on any atom is -0.353 e. The molecule has 1 aromatic carbocycles. The summed E-state index contributed by atoms with van der Waals surface area (Å²) < 4.78 is 0. The van der Waals surface area contributed by atoms with E-state index in [1.165, 1.54) is 19.3 Å². The molecule has 1 aromatic rings. The summed E-state index contributed by atoms with van der Waals surface area (Å²) >= 11 is 0. The number of nitrogens with zero attached hydrogens (tertiary/aromatic N) is 1. The van der Waals surface area contributed by atoms with Crippen LogP contribution in [0.4, 0.5) is 5.69 Å². The third-order valence-corrected chi connectivity index (χ3v) is 5.33. The van der Waals surface area contributed by atoms with Gasteiger partial charge in [-0.05, 0) is 37.8 Å². The highest BCUT2D eigenvalue weighted by Crippen LogP contribution is 2.24. The average Bonchev–Trinajstić information content (AvgIpc) is 2.65. The predicted octanol–water partition coefficient (Wildman–Crippen LogP) is 2.79. The van der Waals surface area contributed by atoms with E-state index in [1.807, 2.05) is 30.3 Å². The van der Waals surface area contributed by atoms with Gasteiger partial charge in [-0.15, -0.1) is 0 Å². The lowest BCUT2D eigenvalue weighted by molar-refractivity contribution is -0.127. The van der Waals surface area contributed by atoms with Crippen LogP contribution in [0.2, 0.25) is 0 Å². The Balaban J connectivity index is 1.36. The van der Waals surface area contributed by atoms with E-state index in [0.29, 0.717) is 6.54 Å². The van der Waals surface area contributed by atoms with Gasteiger partial charge in [-0.2, -0.15) is 0 Å². The molecule has 1 saturated carbocycles. The van der Waals surface area contributed by atoms with Gasteiger partial charge in [0.15, 0.2) is 0 Å². The molecular weight excluding hydrogens is 314 g/mol. The first kappa shape index (κ1) is 17.9. The van der Waals surface area contributed by atoms with Crippen LogP contribution in [-0.4, -0.2) is 42.4 Å². The summed E-state index contributed by atoms with van der Waals surface area (Å²) in [4.78, 5) is 26.6. The molecule has 136 valence electrons. The molecule has 2 N–H and O–H groups in total. The van der Waals surface area contributed by atoms with Crippen molar-refractivity contribution in [1.29, 1.82) is 0 Å². The normalized spacial score (nSPS) is 20.2. The Hall–Kier alpha value is -1.88. The first-order valence-corrected chi connectivity index (χ1v) is 9.58. The molecule has 0 spiro atoms. The third-order valence-electron chi connectivity index (χ3n) is 5.33. The fourth-order valence-corrected chi connectivity index (χ4v) is 3.84. The van der Waals surface area contributed by atoms with Gasteiger partial charge >= 0.3 is 0 Å². The van der Waals surface area contributed by atoms with Crippen LogP contribution < -0.4 is 10.6 Å². The van der Waals surface area contributed by atoms with E-state index < -0.39 is 0 Å². The second kappa shape index (κ2) is 8.99. The lowest BCUT2D eigenvalue weighted by atomic mass is 9.88. The van der Waals surface area contributed by atoms with E-state index >= 15 is 0 Å². The van der Waals surface area contributed by atoms with Crippen molar-refractivity contribution in [2.75, 3.05) is 25.0 Å². The fourth-order valence-electron chi connectivity index (χ4n) is 3.84. The Morgan fingerprint density at radius 1 is 0.960 bits per heavy atom. The molecule has 1 aliphatic carbocycles. The third kappa shape index (κ3) is 5.56. The molecule has 1 saturated heterocycles. The molecular formula is C20H29N3O2. The second-order valence-corrected chi connectivity index (χ2v) is 7.31. The van der Waals surface area contributed by atoms with Gasteiger partial charge in [0.25, 0.3) is 0 Å². The number of likely N-dealkylation sites (tertiary alicyclic amines) is 1. The second-order valence-electron chi connectivity index (χ2n) is 7.31. The summed E-state index contributed by atoms with van der Waals surface area (Å²) in [6.45, 7) is 2.13. The van der Waals surface area contributed by atoms with Crippen molar-refractivity contribution in [3.05, 3.63) is 30.3 Å². The monoisotopic (exact) mass is 343 g/mol. The van der Waals surface area contributed by atoms with Crippen molar-refractivity contribution in [1.82, 2.24) is 10.2 Å². The number of carbonyl (C=O) groups is 2. The average molecular weight is 343 g/mol. The van der Waals surface area contributed by atoms with Gasteiger partial charge in [0, 0.05) is 30.7 Å². The predicted molar refractivity (Wildman–Crippen MR) is 99.3 cm³/mol. The molecule has 0 aromatic heterocycles. The number of hydrogen-bond acceptors (Lipinski definition) is 3.